The fraction of sp³-hybridized carbons (Fsp3) is 0.667. The molecule has 1 heterocycles. The van der Waals surface area contributed by atoms with Crippen LogP contribution in [0.4, 0.5) is 6.01 Å². The van der Waals surface area contributed by atoms with Crippen LogP contribution >= 0.6 is 0 Å². The third-order valence-corrected chi connectivity index (χ3v) is 1.61. The zero-order valence-electron chi connectivity index (χ0n) is 8.26. The number of rotatable bonds is 6. The van der Waals surface area contributed by atoms with Gasteiger partial charge in [0, 0.05) is 13.1 Å². The van der Waals surface area contributed by atoms with Gasteiger partial charge in [-0.05, 0) is 19.9 Å². The van der Waals surface area contributed by atoms with Gasteiger partial charge in [0.2, 0.25) is 0 Å². The molecule has 0 saturated carbocycles. The Hall–Kier alpha value is -1.03. The van der Waals surface area contributed by atoms with Gasteiger partial charge in [-0.25, -0.2) is 0 Å². The Morgan fingerprint density at radius 2 is 2.31 bits per heavy atom. The lowest BCUT2D eigenvalue weighted by Gasteiger charge is -1.97. The minimum Gasteiger partial charge on any atom is -0.432 e. The highest BCUT2D eigenvalue weighted by molar-refractivity contribution is 5.20. The minimum absolute atomic E-state index is 0.607. The maximum absolute atomic E-state index is 5.17. The molecule has 0 amide bonds. The van der Waals surface area contributed by atoms with Crippen molar-refractivity contribution in [2.75, 3.05) is 18.4 Å². The van der Waals surface area contributed by atoms with Gasteiger partial charge in [0.25, 0.3) is 6.01 Å². The van der Waals surface area contributed by atoms with E-state index in [1.807, 2.05) is 6.92 Å². The summed E-state index contributed by atoms with van der Waals surface area (Å²) < 4.78 is 5.17. The molecule has 0 aliphatic carbocycles. The molecule has 1 rings (SSSR count). The average molecular weight is 183 g/mol. The molecule has 0 unspecified atom stereocenters. The third-order valence-electron chi connectivity index (χ3n) is 1.61. The molecular weight excluding hydrogens is 166 g/mol. The predicted octanol–water partition coefficient (Wildman–Crippen LogP) is 1.61. The van der Waals surface area contributed by atoms with Crippen LogP contribution in [0.3, 0.4) is 0 Å². The summed E-state index contributed by atoms with van der Waals surface area (Å²) in [4.78, 5) is 4.23. The molecule has 2 N–H and O–H groups in total. The van der Waals surface area contributed by atoms with Gasteiger partial charge in [0.15, 0.2) is 0 Å². The van der Waals surface area contributed by atoms with Crippen LogP contribution < -0.4 is 10.6 Å². The Labute approximate surface area is 78.7 Å². The van der Waals surface area contributed by atoms with Gasteiger partial charge < -0.3 is 15.1 Å². The van der Waals surface area contributed by atoms with Crippen molar-refractivity contribution in [1.29, 1.82) is 0 Å². The lowest BCUT2D eigenvalue weighted by atomic mass is 10.4. The first-order valence-electron chi connectivity index (χ1n) is 4.75. The van der Waals surface area contributed by atoms with Gasteiger partial charge in [0.05, 0.1) is 5.69 Å². The number of oxazole rings is 1. The van der Waals surface area contributed by atoms with E-state index in [0.717, 1.165) is 31.7 Å². The largest absolute Gasteiger partial charge is 0.432 e. The van der Waals surface area contributed by atoms with Gasteiger partial charge in [0.1, 0.15) is 6.26 Å². The highest BCUT2D eigenvalue weighted by Crippen LogP contribution is 2.06. The number of aromatic nitrogens is 1. The molecule has 1 aromatic rings. The van der Waals surface area contributed by atoms with Gasteiger partial charge in [-0.15, -0.1) is 0 Å². The van der Waals surface area contributed by atoms with Crippen molar-refractivity contribution >= 4 is 6.01 Å². The standard InChI is InChI=1S/C9H17N3O/c1-3-5-10-6-8-7-13-9(12-8)11-4-2/h7,10H,3-6H2,1-2H3,(H,11,12). The maximum atomic E-state index is 5.17. The molecule has 13 heavy (non-hydrogen) atoms. The van der Waals surface area contributed by atoms with Gasteiger partial charge in [-0.1, -0.05) is 6.92 Å². The highest BCUT2D eigenvalue weighted by atomic mass is 16.4. The zero-order chi connectivity index (χ0) is 9.52. The second-order valence-corrected chi connectivity index (χ2v) is 2.85. The van der Waals surface area contributed by atoms with Crippen LogP contribution in [0.1, 0.15) is 26.0 Å². The number of anilines is 1. The number of nitrogens with zero attached hydrogens (tertiary/aromatic N) is 1. The Bertz CT molecular complexity index is 235. The second kappa shape index (κ2) is 5.59. The average Bonchev–Trinajstić information content (AvgIpc) is 2.54. The molecule has 0 aliphatic heterocycles. The first-order valence-corrected chi connectivity index (χ1v) is 4.75. The lowest BCUT2D eigenvalue weighted by molar-refractivity contribution is 0.568. The Balaban J connectivity index is 2.31. The maximum Gasteiger partial charge on any atom is 0.294 e. The third kappa shape index (κ3) is 3.46. The number of nitrogens with one attached hydrogen (secondary N) is 2. The molecule has 0 aliphatic rings. The first-order chi connectivity index (χ1) is 6.36. The highest BCUT2D eigenvalue weighted by Gasteiger charge is 2.00. The number of hydrogen-bond acceptors (Lipinski definition) is 4. The predicted molar refractivity (Wildman–Crippen MR) is 52.7 cm³/mol. The minimum atomic E-state index is 0.607. The summed E-state index contributed by atoms with van der Waals surface area (Å²) >= 11 is 0. The Kier molecular flexibility index (Phi) is 4.32. The molecule has 4 nitrogen and oxygen atoms in total. The van der Waals surface area contributed by atoms with Crippen molar-refractivity contribution in [3.63, 3.8) is 0 Å². The van der Waals surface area contributed by atoms with E-state index in [0.29, 0.717) is 6.01 Å². The Morgan fingerprint density at radius 3 is 3.00 bits per heavy atom. The molecule has 1 aromatic heterocycles. The van der Waals surface area contributed by atoms with Crippen molar-refractivity contribution in [2.45, 2.75) is 26.8 Å². The molecule has 4 heteroatoms. The second-order valence-electron chi connectivity index (χ2n) is 2.85. The van der Waals surface area contributed by atoms with E-state index in [4.69, 9.17) is 4.42 Å². The SMILES string of the molecule is CCCNCc1coc(NCC)n1. The first kappa shape index (κ1) is 10.1. The van der Waals surface area contributed by atoms with Crippen molar-refractivity contribution < 1.29 is 4.42 Å². The molecular formula is C9H17N3O. The summed E-state index contributed by atoms with van der Waals surface area (Å²) in [6.45, 7) is 6.79. The van der Waals surface area contributed by atoms with E-state index in [1.54, 1.807) is 6.26 Å². The summed E-state index contributed by atoms with van der Waals surface area (Å²) in [5.74, 6) is 0. The smallest absolute Gasteiger partial charge is 0.294 e. The molecule has 0 spiro atoms. The van der Waals surface area contributed by atoms with Crippen molar-refractivity contribution in [2.24, 2.45) is 0 Å². The van der Waals surface area contributed by atoms with Gasteiger partial charge in [-0.2, -0.15) is 4.98 Å². The number of hydrogen-bond donors (Lipinski definition) is 2. The molecule has 0 atom stereocenters. The summed E-state index contributed by atoms with van der Waals surface area (Å²) in [5.41, 5.74) is 0.949. The summed E-state index contributed by atoms with van der Waals surface area (Å²) in [6.07, 6.45) is 2.82. The van der Waals surface area contributed by atoms with Crippen LogP contribution in [-0.4, -0.2) is 18.1 Å². The molecule has 0 radical (unpaired) electrons. The van der Waals surface area contributed by atoms with E-state index in [2.05, 4.69) is 22.5 Å². The fourth-order valence-electron chi connectivity index (χ4n) is 1.01. The van der Waals surface area contributed by atoms with Crippen molar-refractivity contribution in [3.8, 4) is 0 Å². The van der Waals surface area contributed by atoms with Crippen LogP contribution in [-0.2, 0) is 6.54 Å². The summed E-state index contributed by atoms with van der Waals surface area (Å²) in [7, 11) is 0. The Morgan fingerprint density at radius 1 is 1.46 bits per heavy atom. The van der Waals surface area contributed by atoms with Crippen molar-refractivity contribution in [3.05, 3.63) is 12.0 Å². The summed E-state index contributed by atoms with van der Waals surface area (Å²) in [5, 5.41) is 6.27. The van der Waals surface area contributed by atoms with Crippen LogP contribution in [0.15, 0.2) is 10.7 Å². The summed E-state index contributed by atoms with van der Waals surface area (Å²) in [6, 6.07) is 0.607. The molecule has 0 fully saturated rings. The molecule has 0 aromatic carbocycles. The van der Waals surface area contributed by atoms with E-state index in [-0.39, 0.29) is 0 Å². The van der Waals surface area contributed by atoms with E-state index >= 15 is 0 Å². The quantitative estimate of drug-likeness (QED) is 0.658. The normalized spacial score (nSPS) is 10.3. The molecule has 0 saturated heterocycles. The van der Waals surface area contributed by atoms with Crippen LogP contribution in [0.25, 0.3) is 0 Å². The van der Waals surface area contributed by atoms with Gasteiger partial charge in [-0.3, -0.25) is 0 Å². The topological polar surface area (TPSA) is 50.1 Å². The van der Waals surface area contributed by atoms with E-state index in [9.17, 15) is 0 Å². The van der Waals surface area contributed by atoms with Crippen LogP contribution in [0.5, 0.6) is 0 Å². The van der Waals surface area contributed by atoms with E-state index in [1.165, 1.54) is 0 Å². The lowest BCUT2D eigenvalue weighted by Crippen LogP contribution is -2.13. The van der Waals surface area contributed by atoms with Crippen LogP contribution in [0, 0.1) is 0 Å². The fourth-order valence-corrected chi connectivity index (χ4v) is 1.01. The van der Waals surface area contributed by atoms with Crippen LogP contribution in [0.2, 0.25) is 0 Å². The van der Waals surface area contributed by atoms with Crippen molar-refractivity contribution in [1.82, 2.24) is 10.3 Å². The zero-order valence-corrected chi connectivity index (χ0v) is 8.26. The molecule has 0 bridgehead atoms. The van der Waals surface area contributed by atoms with E-state index < -0.39 is 0 Å². The monoisotopic (exact) mass is 183 g/mol. The molecule has 74 valence electrons. The van der Waals surface area contributed by atoms with Gasteiger partial charge >= 0.3 is 0 Å².